The number of nitrogens with two attached hydrogens (primary N) is 1. The van der Waals surface area contributed by atoms with Crippen LogP contribution in [0.5, 0.6) is 0 Å². The van der Waals surface area contributed by atoms with Crippen molar-refractivity contribution in [1.29, 1.82) is 0 Å². The number of carbonyl (C=O) groups excluding carboxylic acids is 1. The zero-order chi connectivity index (χ0) is 12.3. The zero-order valence-corrected chi connectivity index (χ0v) is 9.05. The highest BCUT2D eigenvalue weighted by atomic mass is 16.3. The van der Waals surface area contributed by atoms with Crippen molar-refractivity contribution in [2.75, 3.05) is 6.61 Å². The van der Waals surface area contributed by atoms with Crippen LogP contribution in [0, 0.1) is 0 Å². The van der Waals surface area contributed by atoms with Gasteiger partial charge in [0.05, 0.1) is 13.0 Å². The highest BCUT2D eigenvalue weighted by Crippen LogP contribution is 2.15. The van der Waals surface area contributed by atoms with Crippen molar-refractivity contribution in [3.05, 3.63) is 30.1 Å². The number of aliphatic imine (C=N–C) groups is 1. The molecule has 0 radical (unpaired) electrons. The Hall–Kier alpha value is -2.21. The number of carbonyl (C=O) groups is 1. The van der Waals surface area contributed by atoms with Gasteiger partial charge in [-0.2, -0.15) is 4.99 Å². The van der Waals surface area contributed by atoms with Gasteiger partial charge in [-0.25, -0.2) is 4.98 Å². The van der Waals surface area contributed by atoms with Gasteiger partial charge < -0.3 is 15.8 Å². The standard InChI is InChI=1S/C11H12N4O2/c12-10(15-9(17)3-5-16)8-6-14-11-7(8)2-1-4-13-11/h1-2,4,6,16H,3,5H2,(H,13,14)(H2,12,15,17). The van der Waals surface area contributed by atoms with Crippen molar-refractivity contribution >= 4 is 22.8 Å². The number of amidine groups is 1. The summed E-state index contributed by atoms with van der Waals surface area (Å²) < 4.78 is 0. The molecular weight excluding hydrogens is 220 g/mol. The van der Waals surface area contributed by atoms with Crippen molar-refractivity contribution < 1.29 is 9.90 Å². The minimum Gasteiger partial charge on any atom is -0.396 e. The lowest BCUT2D eigenvalue weighted by atomic mass is 10.2. The Balaban J connectivity index is 2.36. The van der Waals surface area contributed by atoms with Gasteiger partial charge in [-0.3, -0.25) is 4.79 Å². The molecule has 17 heavy (non-hydrogen) atoms. The number of aromatic amines is 1. The Morgan fingerprint density at radius 1 is 1.59 bits per heavy atom. The Labute approximate surface area is 97.2 Å². The number of fused-ring (bicyclic) bond motifs is 1. The quantitative estimate of drug-likeness (QED) is 0.518. The van der Waals surface area contributed by atoms with Crippen molar-refractivity contribution in [2.24, 2.45) is 10.7 Å². The SMILES string of the molecule is NC(=NC(=O)CCO)c1c[nH]c2ncccc12. The van der Waals surface area contributed by atoms with Crippen LogP contribution in [0.2, 0.25) is 0 Å². The van der Waals surface area contributed by atoms with E-state index in [-0.39, 0.29) is 18.9 Å². The molecule has 6 heteroatoms. The van der Waals surface area contributed by atoms with Crippen LogP contribution < -0.4 is 5.73 Å². The van der Waals surface area contributed by atoms with Gasteiger partial charge in [0, 0.05) is 23.3 Å². The van der Waals surface area contributed by atoms with Crippen LogP contribution in [-0.4, -0.2) is 33.4 Å². The molecule has 0 saturated carbocycles. The Morgan fingerprint density at radius 2 is 2.41 bits per heavy atom. The van der Waals surface area contributed by atoms with Crippen LogP contribution in [0.25, 0.3) is 11.0 Å². The van der Waals surface area contributed by atoms with E-state index in [0.717, 1.165) is 5.39 Å². The number of nitrogens with one attached hydrogen (secondary N) is 1. The third-order valence-corrected chi connectivity index (χ3v) is 2.30. The molecule has 0 unspecified atom stereocenters. The van der Waals surface area contributed by atoms with E-state index in [4.69, 9.17) is 10.8 Å². The molecule has 0 saturated heterocycles. The fourth-order valence-electron chi connectivity index (χ4n) is 1.51. The predicted octanol–water partition coefficient (Wildman–Crippen LogP) is 0.177. The number of aromatic nitrogens is 2. The van der Waals surface area contributed by atoms with E-state index in [9.17, 15) is 4.79 Å². The molecule has 0 aliphatic heterocycles. The van der Waals surface area contributed by atoms with E-state index < -0.39 is 5.91 Å². The second-order valence-electron chi connectivity index (χ2n) is 3.47. The lowest BCUT2D eigenvalue weighted by molar-refractivity contribution is -0.118. The molecule has 4 N–H and O–H groups in total. The van der Waals surface area contributed by atoms with Crippen molar-refractivity contribution in [3.8, 4) is 0 Å². The topological polar surface area (TPSA) is 104 Å². The number of amides is 1. The Kier molecular flexibility index (Phi) is 3.15. The molecule has 2 aromatic rings. The summed E-state index contributed by atoms with van der Waals surface area (Å²) in [5.41, 5.74) is 7.06. The second kappa shape index (κ2) is 4.75. The number of hydrogen-bond donors (Lipinski definition) is 3. The average molecular weight is 232 g/mol. The number of rotatable bonds is 3. The third-order valence-electron chi connectivity index (χ3n) is 2.30. The van der Waals surface area contributed by atoms with Gasteiger partial charge in [0.25, 0.3) is 0 Å². The maximum absolute atomic E-state index is 11.2. The van der Waals surface area contributed by atoms with E-state index in [2.05, 4.69) is 15.0 Å². The number of pyridine rings is 1. The van der Waals surface area contributed by atoms with Gasteiger partial charge in [-0.05, 0) is 12.1 Å². The van der Waals surface area contributed by atoms with Gasteiger partial charge in [0.1, 0.15) is 11.5 Å². The first kappa shape index (κ1) is 11.3. The molecule has 0 atom stereocenters. The van der Waals surface area contributed by atoms with E-state index in [1.165, 1.54) is 0 Å². The van der Waals surface area contributed by atoms with Gasteiger partial charge in [-0.15, -0.1) is 0 Å². The molecule has 0 aromatic carbocycles. The molecule has 0 bridgehead atoms. The zero-order valence-electron chi connectivity index (χ0n) is 9.05. The first-order chi connectivity index (χ1) is 8.22. The van der Waals surface area contributed by atoms with Gasteiger partial charge in [0.15, 0.2) is 0 Å². The smallest absolute Gasteiger partial charge is 0.249 e. The van der Waals surface area contributed by atoms with E-state index >= 15 is 0 Å². The van der Waals surface area contributed by atoms with Gasteiger partial charge >= 0.3 is 0 Å². The van der Waals surface area contributed by atoms with E-state index in [1.54, 1.807) is 18.5 Å². The second-order valence-corrected chi connectivity index (χ2v) is 3.47. The summed E-state index contributed by atoms with van der Waals surface area (Å²) in [6, 6.07) is 3.62. The molecule has 0 aliphatic rings. The van der Waals surface area contributed by atoms with E-state index in [0.29, 0.717) is 11.2 Å². The Bertz CT molecular complexity index is 574. The summed E-state index contributed by atoms with van der Waals surface area (Å²) in [6.45, 7) is -0.231. The summed E-state index contributed by atoms with van der Waals surface area (Å²) in [7, 11) is 0. The highest BCUT2D eigenvalue weighted by molar-refractivity contribution is 6.11. The first-order valence-corrected chi connectivity index (χ1v) is 5.12. The first-order valence-electron chi connectivity index (χ1n) is 5.12. The molecule has 6 nitrogen and oxygen atoms in total. The maximum atomic E-state index is 11.2. The lowest BCUT2D eigenvalue weighted by Crippen LogP contribution is -2.15. The maximum Gasteiger partial charge on any atom is 0.249 e. The molecule has 2 heterocycles. The molecule has 1 amide bonds. The van der Waals surface area contributed by atoms with Crippen LogP contribution in [0.3, 0.4) is 0 Å². The number of H-pyrrole nitrogens is 1. The Morgan fingerprint density at radius 3 is 3.18 bits per heavy atom. The van der Waals surface area contributed by atoms with Crippen LogP contribution >= 0.6 is 0 Å². The molecule has 0 fully saturated rings. The summed E-state index contributed by atoms with van der Waals surface area (Å²) >= 11 is 0. The van der Waals surface area contributed by atoms with Crippen LogP contribution in [0.1, 0.15) is 12.0 Å². The van der Waals surface area contributed by atoms with Crippen molar-refractivity contribution in [2.45, 2.75) is 6.42 Å². The monoisotopic (exact) mass is 232 g/mol. The summed E-state index contributed by atoms with van der Waals surface area (Å²) in [5.74, 6) is -0.314. The number of aliphatic hydroxyl groups is 1. The predicted molar refractivity (Wildman–Crippen MR) is 63.5 cm³/mol. The van der Waals surface area contributed by atoms with Crippen LogP contribution in [0.4, 0.5) is 0 Å². The average Bonchev–Trinajstić information content (AvgIpc) is 2.72. The van der Waals surface area contributed by atoms with Gasteiger partial charge in [-0.1, -0.05) is 0 Å². The van der Waals surface area contributed by atoms with Crippen LogP contribution in [0.15, 0.2) is 29.5 Å². The molecule has 0 spiro atoms. The van der Waals surface area contributed by atoms with Crippen molar-refractivity contribution in [1.82, 2.24) is 9.97 Å². The van der Waals surface area contributed by atoms with Crippen LogP contribution in [-0.2, 0) is 4.79 Å². The van der Waals surface area contributed by atoms with Gasteiger partial charge in [0.2, 0.25) is 5.91 Å². The molecule has 88 valence electrons. The highest BCUT2D eigenvalue weighted by Gasteiger charge is 2.08. The fourth-order valence-corrected chi connectivity index (χ4v) is 1.51. The number of hydrogen-bond acceptors (Lipinski definition) is 3. The number of aliphatic hydroxyl groups excluding tert-OH is 1. The largest absolute Gasteiger partial charge is 0.396 e. The lowest BCUT2D eigenvalue weighted by Gasteiger charge is -1.97. The molecule has 2 aromatic heterocycles. The molecule has 0 aliphatic carbocycles. The molecular formula is C11H12N4O2. The summed E-state index contributed by atoms with van der Waals surface area (Å²) in [6.07, 6.45) is 3.29. The van der Waals surface area contributed by atoms with E-state index in [1.807, 2.05) is 6.07 Å². The molecule has 2 rings (SSSR count). The third kappa shape index (κ3) is 2.31. The van der Waals surface area contributed by atoms with Crippen molar-refractivity contribution in [3.63, 3.8) is 0 Å². The minimum atomic E-state index is -0.441. The number of nitrogens with zero attached hydrogens (tertiary/aromatic N) is 2. The normalized spacial score (nSPS) is 11.9. The summed E-state index contributed by atoms with van der Waals surface area (Å²) in [5, 5.41) is 9.42. The fraction of sp³-hybridized carbons (Fsp3) is 0.182. The minimum absolute atomic E-state index is 0.0265. The summed E-state index contributed by atoms with van der Waals surface area (Å²) in [4.78, 5) is 22.0.